The predicted molar refractivity (Wildman–Crippen MR) is 72.9 cm³/mol. The van der Waals surface area contributed by atoms with Crippen LogP contribution < -0.4 is 10.1 Å². The summed E-state index contributed by atoms with van der Waals surface area (Å²) in [5.74, 6) is 1.16. The second-order valence-corrected chi connectivity index (χ2v) is 6.44. The molecule has 1 spiro atoms. The highest BCUT2D eigenvalue weighted by atomic mass is 16.5. The summed E-state index contributed by atoms with van der Waals surface area (Å²) in [4.78, 5) is 0. The Kier molecular flexibility index (Phi) is 1.89. The monoisotopic (exact) mass is 271 g/mol. The smallest absolute Gasteiger partial charge is 0.165 e. The molecule has 0 saturated carbocycles. The molecule has 104 valence electrons. The van der Waals surface area contributed by atoms with Gasteiger partial charge in [0.05, 0.1) is 0 Å². The first-order chi connectivity index (χ1) is 9.72. The largest absolute Gasteiger partial charge is 0.504 e. The van der Waals surface area contributed by atoms with Crippen molar-refractivity contribution in [1.29, 1.82) is 0 Å². The summed E-state index contributed by atoms with van der Waals surface area (Å²) in [5.41, 5.74) is 2.26. The number of nitrogens with one attached hydrogen (secondary N) is 1. The Hall–Kier alpha value is -1.52. The number of piperidine rings is 1. The van der Waals surface area contributed by atoms with E-state index in [0.717, 1.165) is 24.9 Å². The lowest BCUT2D eigenvalue weighted by Crippen LogP contribution is -2.64. The van der Waals surface area contributed by atoms with E-state index in [1.54, 1.807) is 6.07 Å². The van der Waals surface area contributed by atoms with Crippen molar-refractivity contribution in [1.82, 2.24) is 5.32 Å². The van der Waals surface area contributed by atoms with E-state index in [0.29, 0.717) is 17.7 Å². The quantitative estimate of drug-likeness (QED) is 0.612. The van der Waals surface area contributed by atoms with Crippen LogP contribution in [0.2, 0.25) is 0 Å². The highest BCUT2D eigenvalue weighted by Crippen LogP contribution is 2.61. The maximum absolute atomic E-state index is 10.4. The third-order valence-corrected chi connectivity index (χ3v) is 5.68. The van der Waals surface area contributed by atoms with Crippen LogP contribution in [0.5, 0.6) is 11.5 Å². The van der Waals surface area contributed by atoms with Gasteiger partial charge >= 0.3 is 0 Å². The van der Waals surface area contributed by atoms with E-state index in [4.69, 9.17) is 4.74 Å². The minimum Gasteiger partial charge on any atom is -0.504 e. The maximum atomic E-state index is 10.4. The van der Waals surface area contributed by atoms with Crippen LogP contribution in [0.4, 0.5) is 0 Å². The number of hydrogen-bond donors (Lipinski definition) is 3. The molecule has 2 bridgehead atoms. The third-order valence-electron chi connectivity index (χ3n) is 5.68. The molecule has 0 radical (unpaired) electrons. The van der Waals surface area contributed by atoms with Gasteiger partial charge in [-0.3, -0.25) is 0 Å². The van der Waals surface area contributed by atoms with E-state index in [2.05, 4.69) is 11.4 Å². The molecule has 1 saturated heterocycles. The highest BCUT2D eigenvalue weighted by molar-refractivity contribution is 5.61. The molecule has 2 unspecified atom stereocenters. The summed E-state index contributed by atoms with van der Waals surface area (Å²) in [5, 5.41) is 24.1. The van der Waals surface area contributed by atoms with Gasteiger partial charge in [0.25, 0.3) is 0 Å². The van der Waals surface area contributed by atoms with Crippen molar-refractivity contribution in [2.75, 3.05) is 6.54 Å². The molecule has 0 aromatic heterocycles. The Morgan fingerprint density at radius 3 is 3.10 bits per heavy atom. The average Bonchev–Trinajstić information content (AvgIpc) is 2.78. The van der Waals surface area contributed by atoms with Crippen LogP contribution in [0.1, 0.15) is 17.5 Å². The van der Waals surface area contributed by atoms with Crippen molar-refractivity contribution in [3.63, 3.8) is 0 Å². The number of ether oxygens (including phenoxy) is 1. The molecule has 1 fully saturated rings. The zero-order valence-corrected chi connectivity index (χ0v) is 11.0. The molecule has 5 atom stereocenters. The average molecular weight is 271 g/mol. The molecule has 1 aromatic carbocycles. The molecule has 20 heavy (non-hydrogen) atoms. The zero-order valence-electron chi connectivity index (χ0n) is 11.0. The minimum atomic E-state index is -0.595. The van der Waals surface area contributed by atoms with Crippen molar-refractivity contribution in [2.24, 2.45) is 5.92 Å². The van der Waals surface area contributed by atoms with E-state index in [9.17, 15) is 10.2 Å². The number of aromatic hydroxyl groups is 1. The first-order valence-electron chi connectivity index (χ1n) is 7.33. The van der Waals surface area contributed by atoms with E-state index < -0.39 is 6.10 Å². The van der Waals surface area contributed by atoms with Crippen molar-refractivity contribution < 1.29 is 14.9 Å². The number of phenolic OH excluding ortho intramolecular Hbond substituents is 1. The lowest BCUT2D eigenvalue weighted by atomic mass is 9.54. The fourth-order valence-corrected chi connectivity index (χ4v) is 4.98. The molecule has 3 N–H and O–H groups in total. The fourth-order valence-electron chi connectivity index (χ4n) is 4.98. The zero-order chi connectivity index (χ0) is 13.5. The van der Waals surface area contributed by atoms with Crippen LogP contribution >= 0.6 is 0 Å². The van der Waals surface area contributed by atoms with E-state index in [1.165, 1.54) is 5.56 Å². The molecule has 2 aliphatic heterocycles. The first kappa shape index (κ1) is 11.2. The van der Waals surface area contributed by atoms with Gasteiger partial charge in [0, 0.05) is 22.9 Å². The van der Waals surface area contributed by atoms with Gasteiger partial charge in [-0.2, -0.15) is 0 Å². The summed E-state index contributed by atoms with van der Waals surface area (Å²) in [7, 11) is 0. The van der Waals surface area contributed by atoms with Crippen molar-refractivity contribution in [2.45, 2.75) is 36.5 Å². The number of benzene rings is 1. The van der Waals surface area contributed by atoms with Gasteiger partial charge in [-0.1, -0.05) is 18.2 Å². The van der Waals surface area contributed by atoms with Gasteiger partial charge in [-0.05, 0) is 31.0 Å². The molecular formula is C16H17NO3. The van der Waals surface area contributed by atoms with Gasteiger partial charge in [-0.25, -0.2) is 0 Å². The van der Waals surface area contributed by atoms with Crippen LogP contribution in [0, 0.1) is 5.92 Å². The summed E-state index contributed by atoms with van der Waals surface area (Å²) in [6.07, 6.45) is 5.08. The topological polar surface area (TPSA) is 61.7 Å². The summed E-state index contributed by atoms with van der Waals surface area (Å²) in [6, 6.07) is 4.14. The number of phenols is 1. The van der Waals surface area contributed by atoms with Crippen LogP contribution in [-0.2, 0) is 11.8 Å². The standard InChI is InChI=1S/C16H17NO3/c18-11-3-1-8-7-10-9-2-4-12(19)15-16(9,5-6-17-10)13(8)14(11)20-15/h1-4,9-10,12,15,17-19H,5-7H2/t9-,10+,12?,15?,16-/m0/s1. The molecule has 2 heterocycles. The minimum absolute atomic E-state index is 0.161. The first-order valence-corrected chi connectivity index (χ1v) is 7.33. The lowest BCUT2D eigenvalue weighted by Gasteiger charge is -2.53. The number of rotatable bonds is 0. The normalized spacial score (nSPS) is 43.0. The molecule has 2 aliphatic carbocycles. The fraction of sp³-hybridized carbons (Fsp3) is 0.500. The van der Waals surface area contributed by atoms with Crippen LogP contribution in [0.3, 0.4) is 0 Å². The van der Waals surface area contributed by atoms with Crippen LogP contribution in [-0.4, -0.2) is 35.0 Å². The summed E-state index contributed by atoms with van der Waals surface area (Å²) in [6.45, 7) is 0.941. The van der Waals surface area contributed by atoms with E-state index in [-0.39, 0.29) is 17.3 Å². The van der Waals surface area contributed by atoms with Gasteiger partial charge in [0.2, 0.25) is 0 Å². The van der Waals surface area contributed by atoms with Crippen molar-refractivity contribution >= 4 is 0 Å². The van der Waals surface area contributed by atoms with E-state index in [1.807, 2.05) is 12.1 Å². The Morgan fingerprint density at radius 2 is 2.20 bits per heavy atom. The number of hydrogen-bond acceptors (Lipinski definition) is 4. The molecule has 4 aliphatic rings. The predicted octanol–water partition coefficient (Wildman–Crippen LogP) is 0.856. The van der Waals surface area contributed by atoms with Gasteiger partial charge < -0.3 is 20.3 Å². The second-order valence-electron chi connectivity index (χ2n) is 6.44. The Morgan fingerprint density at radius 1 is 1.30 bits per heavy atom. The summed E-state index contributed by atoms with van der Waals surface area (Å²) < 4.78 is 6.04. The molecule has 0 amide bonds. The van der Waals surface area contributed by atoms with Gasteiger partial charge in [0.1, 0.15) is 12.2 Å². The summed E-state index contributed by atoms with van der Waals surface area (Å²) >= 11 is 0. The molecule has 1 aromatic rings. The third kappa shape index (κ3) is 1.04. The molecule has 5 rings (SSSR count). The van der Waals surface area contributed by atoms with Crippen LogP contribution in [0.25, 0.3) is 0 Å². The lowest BCUT2D eigenvalue weighted by molar-refractivity contribution is -0.0177. The Labute approximate surface area is 117 Å². The SMILES string of the molecule is Oc1ccc2c3c1OC1C(O)C=C[C@H]4[C@@H](C2)NCC[C@]314. The van der Waals surface area contributed by atoms with E-state index >= 15 is 0 Å². The van der Waals surface area contributed by atoms with Gasteiger partial charge in [0.15, 0.2) is 11.5 Å². The second kappa shape index (κ2) is 3.38. The van der Waals surface area contributed by atoms with Crippen molar-refractivity contribution in [3.8, 4) is 11.5 Å². The van der Waals surface area contributed by atoms with Crippen LogP contribution in [0.15, 0.2) is 24.3 Å². The molecular weight excluding hydrogens is 254 g/mol. The number of aliphatic hydroxyl groups excluding tert-OH is 1. The van der Waals surface area contributed by atoms with Gasteiger partial charge in [-0.15, -0.1) is 0 Å². The van der Waals surface area contributed by atoms with Crippen molar-refractivity contribution in [3.05, 3.63) is 35.4 Å². The molecule has 4 nitrogen and oxygen atoms in total. The molecule has 4 heteroatoms. The Balaban J connectivity index is 1.86. The highest BCUT2D eigenvalue weighted by Gasteiger charge is 2.63. The Bertz CT molecular complexity index is 641. The number of aliphatic hydroxyl groups is 1. The maximum Gasteiger partial charge on any atom is 0.165 e.